The molecule has 2 aliphatic rings. The number of nitrogens with zero attached hydrogens (tertiary/aromatic N) is 3. The molecule has 3 heterocycles. The van der Waals surface area contributed by atoms with Gasteiger partial charge in [0.25, 0.3) is 5.56 Å². The predicted octanol–water partition coefficient (Wildman–Crippen LogP) is 2.21. The molecule has 1 aromatic heterocycles. The quantitative estimate of drug-likeness (QED) is 0.691. The minimum absolute atomic E-state index is 0.0291. The molecule has 2 aromatic rings. The van der Waals surface area contributed by atoms with Crippen molar-refractivity contribution in [2.75, 3.05) is 50.9 Å². The van der Waals surface area contributed by atoms with Crippen LogP contribution < -0.4 is 10.5 Å². The molecular formula is C22H27BrN4O4. The molecule has 0 saturated carbocycles. The van der Waals surface area contributed by atoms with Crippen LogP contribution in [-0.2, 0) is 20.7 Å². The lowest BCUT2D eigenvalue weighted by Crippen LogP contribution is -2.42. The third-order valence-electron chi connectivity index (χ3n) is 5.77. The van der Waals surface area contributed by atoms with Crippen LogP contribution in [0.1, 0.15) is 29.3 Å². The Morgan fingerprint density at radius 2 is 1.94 bits per heavy atom. The van der Waals surface area contributed by atoms with E-state index in [9.17, 15) is 9.59 Å². The maximum absolute atomic E-state index is 12.8. The molecular weight excluding hydrogens is 464 g/mol. The highest BCUT2D eigenvalue weighted by atomic mass is 79.9. The molecule has 0 radical (unpaired) electrons. The molecule has 166 valence electrons. The molecule has 1 N–H and O–H groups in total. The van der Waals surface area contributed by atoms with Gasteiger partial charge in [0, 0.05) is 41.8 Å². The average molecular weight is 491 g/mol. The number of hydrogen-bond acceptors (Lipinski definition) is 6. The normalized spacial score (nSPS) is 19.5. The standard InChI is InChI=1S/C22H27BrN4O4/c1-15-18(21(29)25-22(24-15)26-8-11-30-12-9-26)6-7-20(28)27-10-13-31-19(14-27)16-2-4-17(23)5-3-16/h2-5,19H,6-14H2,1H3,(H,24,25,29). The van der Waals surface area contributed by atoms with Gasteiger partial charge >= 0.3 is 0 Å². The number of nitrogens with one attached hydrogen (secondary N) is 1. The van der Waals surface area contributed by atoms with Gasteiger partial charge in [-0.1, -0.05) is 28.1 Å². The SMILES string of the molecule is Cc1nc(N2CCOCC2)[nH]c(=O)c1CCC(=O)N1CCOC(c2ccc(Br)cc2)C1. The Hall–Kier alpha value is -2.23. The fourth-order valence-corrected chi connectivity index (χ4v) is 4.22. The van der Waals surface area contributed by atoms with Gasteiger partial charge in [0.15, 0.2) is 0 Å². The number of rotatable bonds is 5. The summed E-state index contributed by atoms with van der Waals surface area (Å²) >= 11 is 3.44. The van der Waals surface area contributed by atoms with Crippen molar-refractivity contribution < 1.29 is 14.3 Å². The number of ether oxygens (including phenoxy) is 2. The fourth-order valence-electron chi connectivity index (χ4n) is 3.96. The van der Waals surface area contributed by atoms with Crippen LogP contribution in [0.4, 0.5) is 5.95 Å². The molecule has 1 unspecified atom stereocenters. The van der Waals surface area contributed by atoms with Gasteiger partial charge in [-0.25, -0.2) is 4.98 Å². The molecule has 1 amide bonds. The van der Waals surface area contributed by atoms with Crippen LogP contribution in [0.2, 0.25) is 0 Å². The Balaban J connectivity index is 1.37. The first-order valence-corrected chi connectivity index (χ1v) is 11.4. The van der Waals surface area contributed by atoms with E-state index in [0.717, 1.165) is 10.0 Å². The van der Waals surface area contributed by atoms with Crippen LogP contribution in [0.3, 0.4) is 0 Å². The summed E-state index contributed by atoms with van der Waals surface area (Å²) in [5.41, 5.74) is 2.13. The van der Waals surface area contributed by atoms with Crippen LogP contribution >= 0.6 is 15.9 Å². The van der Waals surface area contributed by atoms with E-state index in [1.165, 1.54) is 0 Å². The first-order valence-electron chi connectivity index (χ1n) is 10.6. The van der Waals surface area contributed by atoms with Gasteiger partial charge in [-0.15, -0.1) is 0 Å². The molecule has 4 rings (SSSR count). The second kappa shape index (κ2) is 9.93. The van der Waals surface area contributed by atoms with Gasteiger partial charge in [0.05, 0.1) is 26.4 Å². The zero-order valence-electron chi connectivity index (χ0n) is 17.6. The van der Waals surface area contributed by atoms with Crippen LogP contribution in [-0.4, -0.2) is 66.8 Å². The van der Waals surface area contributed by atoms with Gasteiger partial charge in [0.1, 0.15) is 6.10 Å². The van der Waals surface area contributed by atoms with Crippen LogP contribution in [0.25, 0.3) is 0 Å². The number of amides is 1. The highest BCUT2D eigenvalue weighted by Gasteiger charge is 2.26. The smallest absolute Gasteiger partial charge is 0.255 e. The number of hydrogen-bond donors (Lipinski definition) is 1. The van der Waals surface area contributed by atoms with Crippen molar-refractivity contribution >= 4 is 27.8 Å². The van der Waals surface area contributed by atoms with Gasteiger partial charge in [-0.05, 0) is 31.0 Å². The number of H-pyrrole nitrogens is 1. The molecule has 0 aliphatic carbocycles. The van der Waals surface area contributed by atoms with E-state index in [2.05, 4.69) is 25.9 Å². The maximum atomic E-state index is 12.8. The summed E-state index contributed by atoms with van der Waals surface area (Å²) in [6.45, 7) is 6.08. The summed E-state index contributed by atoms with van der Waals surface area (Å²) in [6.07, 6.45) is 0.511. The van der Waals surface area contributed by atoms with Crippen LogP contribution in [0, 0.1) is 6.92 Å². The number of benzene rings is 1. The van der Waals surface area contributed by atoms with Gasteiger partial charge in [-0.3, -0.25) is 14.6 Å². The minimum Gasteiger partial charge on any atom is -0.378 e. The summed E-state index contributed by atoms with van der Waals surface area (Å²) in [7, 11) is 0. The lowest BCUT2D eigenvalue weighted by atomic mass is 10.1. The number of anilines is 1. The summed E-state index contributed by atoms with van der Waals surface area (Å²) in [5.74, 6) is 0.605. The summed E-state index contributed by atoms with van der Waals surface area (Å²) in [5, 5.41) is 0. The zero-order chi connectivity index (χ0) is 21.8. The van der Waals surface area contributed by atoms with E-state index >= 15 is 0 Å². The molecule has 1 atom stereocenters. The third-order valence-corrected chi connectivity index (χ3v) is 6.30. The molecule has 2 fully saturated rings. The first kappa shape index (κ1) is 22.0. The number of carbonyl (C=O) groups excluding carboxylic acids is 1. The minimum atomic E-state index is -0.170. The van der Waals surface area contributed by atoms with Gasteiger partial charge in [-0.2, -0.15) is 0 Å². The molecule has 0 spiro atoms. The van der Waals surface area contributed by atoms with E-state index in [1.54, 1.807) is 0 Å². The van der Waals surface area contributed by atoms with Gasteiger partial charge < -0.3 is 19.3 Å². The summed E-state index contributed by atoms with van der Waals surface area (Å²) < 4.78 is 12.2. The Kier molecular flexibility index (Phi) is 7.04. The lowest BCUT2D eigenvalue weighted by Gasteiger charge is -2.33. The number of aromatic amines is 1. The molecule has 9 heteroatoms. The second-order valence-corrected chi connectivity index (χ2v) is 8.72. The van der Waals surface area contributed by atoms with Crippen molar-refractivity contribution in [3.63, 3.8) is 0 Å². The fraction of sp³-hybridized carbons (Fsp3) is 0.500. The van der Waals surface area contributed by atoms with Crippen LogP contribution in [0.5, 0.6) is 0 Å². The zero-order valence-corrected chi connectivity index (χ0v) is 19.2. The van der Waals surface area contributed by atoms with Crippen molar-refractivity contribution in [3.05, 3.63) is 55.9 Å². The Labute approximate surface area is 189 Å². The van der Waals surface area contributed by atoms with Crippen molar-refractivity contribution in [1.82, 2.24) is 14.9 Å². The van der Waals surface area contributed by atoms with E-state index in [1.807, 2.05) is 41.0 Å². The largest absolute Gasteiger partial charge is 0.378 e. The maximum Gasteiger partial charge on any atom is 0.255 e. The Morgan fingerprint density at radius 1 is 1.19 bits per heavy atom. The van der Waals surface area contributed by atoms with Gasteiger partial charge in [0.2, 0.25) is 11.9 Å². The molecule has 31 heavy (non-hydrogen) atoms. The average Bonchev–Trinajstić information content (AvgIpc) is 2.79. The van der Waals surface area contributed by atoms with Crippen molar-refractivity contribution in [3.8, 4) is 0 Å². The highest BCUT2D eigenvalue weighted by molar-refractivity contribution is 9.10. The first-order chi connectivity index (χ1) is 15.0. The van der Waals surface area contributed by atoms with E-state index < -0.39 is 0 Å². The third kappa shape index (κ3) is 5.34. The number of carbonyl (C=O) groups is 1. The van der Waals surface area contributed by atoms with Crippen molar-refractivity contribution in [2.45, 2.75) is 25.9 Å². The number of halogens is 1. The summed E-state index contributed by atoms with van der Waals surface area (Å²) in [4.78, 5) is 36.8. The van der Waals surface area contributed by atoms with Crippen LogP contribution in [0.15, 0.2) is 33.5 Å². The van der Waals surface area contributed by atoms with E-state index in [-0.39, 0.29) is 24.0 Å². The monoisotopic (exact) mass is 490 g/mol. The lowest BCUT2D eigenvalue weighted by molar-refractivity contribution is -0.139. The molecule has 8 nitrogen and oxygen atoms in total. The molecule has 2 saturated heterocycles. The topological polar surface area (TPSA) is 87.8 Å². The second-order valence-electron chi connectivity index (χ2n) is 7.80. The predicted molar refractivity (Wildman–Crippen MR) is 120 cm³/mol. The molecule has 2 aliphatic heterocycles. The van der Waals surface area contributed by atoms with Crippen molar-refractivity contribution in [1.29, 1.82) is 0 Å². The van der Waals surface area contributed by atoms with E-state index in [4.69, 9.17) is 9.47 Å². The van der Waals surface area contributed by atoms with E-state index in [0.29, 0.717) is 69.6 Å². The number of aromatic nitrogens is 2. The number of morpholine rings is 2. The summed E-state index contributed by atoms with van der Waals surface area (Å²) in [6, 6.07) is 7.96. The highest BCUT2D eigenvalue weighted by Crippen LogP contribution is 2.24. The molecule has 0 bridgehead atoms. The Morgan fingerprint density at radius 3 is 2.65 bits per heavy atom. The Bertz CT molecular complexity index is 972. The van der Waals surface area contributed by atoms with Crippen molar-refractivity contribution in [2.24, 2.45) is 0 Å². The molecule has 1 aromatic carbocycles. The number of aryl methyl sites for hydroxylation is 1.